The molecule has 0 spiro atoms. The van der Waals surface area contributed by atoms with E-state index in [4.69, 9.17) is 5.73 Å². The molecule has 3 N–H and O–H groups in total. The molecule has 1 aromatic heterocycles. The first-order valence-electron chi connectivity index (χ1n) is 3.27. The van der Waals surface area contributed by atoms with Crippen molar-refractivity contribution in [3.8, 4) is 0 Å². The van der Waals surface area contributed by atoms with Gasteiger partial charge in [0.2, 0.25) is 5.78 Å². The molecule has 1 aromatic rings. The van der Waals surface area contributed by atoms with Gasteiger partial charge in [-0.15, -0.1) is 11.3 Å². The van der Waals surface area contributed by atoms with Crippen molar-refractivity contribution < 1.29 is 9.90 Å². The molecule has 1 heterocycles. The van der Waals surface area contributed by atoms with Gasteiger partial charge in [0, 0.05) is 0 Å². The molecule has 11 heavy (non-hydrogen) atoms. The summed E-state index contributed by atoms with van der Waals surface area (Å²) in [6.45, 7) is 0. The van der Waals surface area contributed by atoms with Gasteiger partial charge < -0.3 is 10.8 Å². The second-order valence-electron chi connectivity index (χ2n) is 2.54. The average Bonchev–Trinajstić information content (AvgIpc) is 2.53. The minimum absolute atomic E-state index is 0.234. The molecule has 0 fully saturated rings. The maximum atomic E-state index is 11.1. The van der Waals surface area contributed by atoms with E-state index in [0.29, 0.717) is 4.88 Å². The second kappa shape index (κ2) is 2.14. The second-order valence-corrected chi connectivity index (χ2v) is 3.46. The van der Waals surface area contributed by atoms with E-state index in [9.17, 15) is 9.90 Å². The highest BCUT2D eigenvalue weighted by molar-refractivity contribution is 7.12. The number of carbonyl (C=O) groups excluding carboxylic acids is 1. The van der Waals surface area contributed by atoms with Gasteiger partial charge >= 0.3 is 0 Å². The molecule has 1 aliphatic carbocycles. The number of Topliss-reactive ketones (excluding diaryl/α,β-unsaturated/α-hetero) is 1. The Labute approximate surface area is 67.5 Å². The summed E-state index contributed by atoms with van der Waals surface area (Å²) < 4.78 is 0. The Morgan fingerprint density at radius 1 is 1.64 bits per heavy atom. The van der Waals surface area contributed by atoms with Crippen LogP contribution in [0.3, 0.4) is 0 Å². The normalized spacial score (nSPS) is 29.1. The van der Waals surface area contributed by atoms with E-state index in [0.717, 1.165) is 5.56 Å². The Balaban J connectivity index is 2.56. The van der Waals surface area contributed by atoms with Crippen molar-refractivity contribution >= 4 is 17.1 Å². The quantitative estimate of drug-likeness (QED) is 0.587. The van der Waals surface area contributed by atoms with E-state index in [1.54, 1.807) is 6.07 Å². The maximum Gasteiger partial charge on any atom is 0.203 e. The fourth-order valence-electron chi connectivity index (χ4n) is 1.25. The molecule has 0 amide bonds. The summed E-state index contributed by atoms with van der Waals surface area (Å²) in [5.74, 6) is -0.234. The SMILES string of the molecule is N[C@@H]1c2ccsc2C(=O)[C@@H]1O. The van der Waals surface area contributed by atoms with Gasteiger partial charge in [0.1, 0.15) is 6.10 Å². The molecule has 0 unspecified atom stereocenters. The van der Waals surface area contributed by atoms with Crippen LogP contribution in [-0.2, 0) is 0 Å². The number of thiophene rings is 1. The van der Waals surface area contributed by atoms with Gasteiger partial charge in [0.05, 0.1) is 10.9 Å². The number of carbonyl (C=O) groups is 1. The zero-order valence-corrected chi connectivity index (χ0v) is 6.47. The number of hydrogen-bond acceptors (Lipinski definition) is 4. The predicted octanol–water partition coefficient (Wildman–Crippen LogP) is 0.305. The van der Waals surface area contributed by atoms with Crippen LogP contribution in [0.1, 0.15) is 21.3 Å². The highest BCUT2D eigenvalue weighted by Gasteiger charge is 2.36. The Morgan fingerprint density at radius 2 is 2.36 bits per heavy atom. The lowest BCUT2D eigenvalue weighted by molar-refractivity contribution is 0.0739. The van der Waals surface area contributed by atoms with Crippen molar-refractivity contribution in [2.75, 3.05) is 0 Å². The van der Waals surface area contributed by atoms with Gasteiger partial charge in [-0.1, -0.05) is 0 Å². The lowest BCUT2D eigenvalue weighted by Crippen LogP contribution is -2.25. The third-order valence-electron chi connectivity index (χ3n) is 1.89. The summed E-state index contributed by atoms with van der Waals surface area (Å²) in [6, 6.07) is 1.28. The lowest BCUT2D eigenvalue weighted by atomic mass is 10.2. The van der Waals surface area contributed by atoms with Crippen LogP contribution in [0.15, 0.2) is 11.4 Å². The Hall–Kier alpha value is -0.710. The van der Waals surface area contributed by atoms with E-state index in [1.165, 1.54) is 11.3 Å². The van der Waals surface area contributed by atoms with Gasteiger partial charge in [-0.25, -0.2) is 0 Å². The largest absolute Gasteiger partial charge is 0.383 e. The number of aliphatic hydroxyl groups is 1. The smallest absolute Gasteiger partial charge is 0.203 e. The first-order chi connectivity index (χ1) is 5.22. The highest BCUT2D eigenvalue weighted by Crippen LogP contribution is 2.33. The van der Waals surface area contributed by atoms with Crippen LogP contribution >= 0.6 is 11.3 Å². The Bertz CT molecular complexity index is 307. The molecule has 58 valence electrons. The van der Waals surface area contributed by atoms with E-state index >= 15 is 0 Å². The maximum absolute atomic E-state index is 11.1. The molecule has 0 saturated carbocycles. The van der Waals surface area contributed by atoms with Gasteiger partial charge in [0.15, 0.2) is 0 Å². The third-order valence-corrected chi connectivity index (χ3v) is 2.83. The molecule has 2 rings (SSSR count). The van der Waals surface area contributed by atoms with Crippen LogP contribution in [0.4, 0.5) is 0 Å². The van der Waals surface area contributed by atoms with Crippen molar-refractivity contribution in [2.45, 2.75) is 12.1 Å². The number of hydrogen-bond donors (Lipinski definition) is 2. The topological polar surface area (TPSA) is 63.3 Å². The minimum atomic E-state index is -1.02. The van der Waals surface area contributed by atoms with Gasteiger partial charge in [-0.05, 0) is 17.0 Å². The third kappa shape index (κ3) is 0.772. The lowest BCUT2D eigenvalue weighted by Gasteiger charge is -2.05. The Morgan fingerprint density at radius 3 is 3.00 bits per heavy atom. The molecule has 2 atom stereocenters. The number of nitrogens with two attached hydrogens (primary N) is 1. The van der Waals surface area contributed by atoms with Crippen LogP contribution in [0.25, 0.3) is 0 Å². The van der Waals surface area contributed by atoms with E-state index < -0.39 is 12.1 Å². The molecule has 4 heteroatoms. The van der Waals surface area contributed by atoms with Crippen LogP contribution in [-0.4, -0.2) is 17.0 Å². The van der Waals surface area contributed by atoms with Crippen molar-refractivity contribution in [1.29, 1.82) is 0 Å². The van der Waals surface area contributed by atoms with Crippen LogP contribution in [0.2, 0.25) is 0 Å². The minimum Gasteiger partial charge on any atom is -0.383 e. The van der Waals surface area contributed by atoms with Crippen molar-refractivity contribution in [3.63, 3.8) is 0 Å². The molecule has 1 aliphatic rings. The number of rotatable bonds is 0. The molecule has 0 saturated heterocycles. The van der Waals surface area contributed by atoms with Gasteiger partial charge in [-0.3, -0.25) is 4.79 Å². The van der Waals surface area contributed by atoms with Crippen molar-refractivity contribution in [1.82, 2.24) is 0 Å². The van der Waals surface area contributed by atoms with Crippen molar-refractivity contribution in [2.24, 2.45) is 5.73 Å². The number of fused-ring (bicyclic) bond motifs is 1. The summed E-state index contributed by atoms with van der Waals surface area (Å²) in [4.78, 5) is 11.8. The summed E-state index contributed by atoms with van der Waals surface area (Å²) >= 11 is 1.34. The van der Waals surface area contributed by atoms with E-state index in [-0.39, 0.29) is 5.78 Å². The molecule has 0 radical (unpaired) electrons. The van der Waals surface area contributed by atoms with Crippen LogP contribution in [0.5, 0.6) is 0 Å². The fourth-order valence-corrected chi connectivity index (χ4v) is 2.18. The highest BCUT2D eigenvalue weighted by atomic mass is 32.1. The molecule has 3 nitrogen and oxygen atoms in total. The predicted molar refractivity (Wildman–Crippen MR) is 41.6 cm³/mol. The van der Waals surface area contributed by atoms with Gasteiger partial charge in [0.25, 0.3) is 0 Å². The zero-order chi connectivity index (χ0) is 8.01. The van der Waals surface area contributed by atoms with Crippen LogP contribution < -0.4 is 5.73 Å². The summed E-state index contributed by atoms with van der Waals surface area (Å²) in [6.07, 6.45) is -1.02. The number of aliphatic hydroxyl groups excluding tert-OH is 1. The number of ketones is 1. The average molecular weight is 169 g/mol. The monoisotopic (exact) mass is 169 g/mol. The molecule has 0 aliphatic heterocycles. The van der Waals surface area contributed by atoms with Crippen molar-refractivity contribution in [3.05, 3.63) is 21.9 Å². The molecule has 0 aromatic carbocycles. The molecular weight excluding hydrogens is 162 g/mol. The van der Waals surface area contributed by atoms with E-state index in [1.807, 2.05) is 5.38 Å². The first kappa shape index (κ1) is 6.97. The summed E-state index contributed by atoms with van der Waals surface area (Å²) in [7, 11) is 0. The summed E-state index contributed by atoms with van der Waals surface area (Å²) in [5, 5.41) is 11.0. The summed E-state index contributed by atoms with van der Waals surface area (Å²) in [5.41, 5.74) is 6.35. The molecule has 0 bridgehead atoms. The van der Waals surface area contributed by atoms with E-state index in [2.05, 4.69) is 0 Å². The molecular formula is C7H7NO2S. The van der Waals surface area contributed by atoms with Crippen LogP contribution in [0, 0.1) is 0 Å². The fraction of sp³-hybridized carbons (Fsp3) is 0.286. The standard InChI is InChI=1S/C7H7NO2S/c8-4-3-1-2-11-7(3)6(10)5(4)9/h1-2,4-5,9H,8H2/t4-,5-/m1/s1. The Kier molecular flexibility index (Phi) is 1.35. The van der Waals surface area contributed by atoms with Gasteiger partial charge in [-0.2, -0.15) is 0 Å². The first-order valence-corrected chi connectivity index (χ1v) is 4.15. The zero-order valence-electron chi connectivity index (χ0n) is 5.65.